The normalized spacial score (nSPS) is 18.9. The minimum Gasteiger partial charge on any atom is -0.491 e. The van der Waals surface area contributed by atoms with Crippen LogP contribution in [0.4, 0.5) is 13.2 Å². The van der Waals surface area contributed by atoms with Crippen molar-refractivity contribution in [2.45, 2.75) is 25.6 Å². The molecule has 2 heterocycles. The fraction of sp³-hybridized carbons (Fsp3) is 0.231. The number of fused-ring (bicyclic) bond motifs is 3. The number of ether oxygens (including phenoxy) is 1. The fourth-order valence-electron chi connectivity index (χ4n) is 4.92. The molecule has 8 heteroatoms. The lowest BCUT2D eigenvalue weighted by molar-refractivity contribution is 0.0374. The van der Waals surface area contributed by atoms with Crippen molar-refractivity contribution in [1.82, 2.24) is 9.80 Å². The molecular formula is C26H21F3N2O3. The maximum atomic E-state index is 14.0. The molecule has 0 aromatic heterocycles. The Bertz CT molecular complexity index is 1290. The number of nitrogens with zero attached hydrogens (tertiary/aromatic N) is 2. The number of amides is 2. The Morgan fingerprint density at radius 2 is 1.62 bits per heavy atom. The maximum Gasteiger partial charge on any atom is 0.256 e. The number of rotatable bonds is 4. The van der Waals surface area contributed by atoms with E-state index in [0.717, 1.165) is 0 Å². The van der Waals surface area contributed by atoms with Crippen LogP contribution < -0.4 is 4.74 Å². The topological polar surface area (TPSA) is 49.9 Å². The van der Waals surface area contributed by atoms with Crippen LogP contribution in [0.2, 0.25) is 0 Å². The first-order valence-electron chi connectivity index (χ1n) is 10.9. The van der Waals surface area contributed by atoms with Crippen molar-refractivity contribution in [1.29, 1.82) is 0 Å². The van der Waals surface area contributed by atoms with Gasteiger partial charge in [0.25, 0.3) is 11.8 Å². The Balaban J connectivity index is 1.69. The minimum absolute atomic E-state index is 0.0397. The van der Waals surface area contributed by atoms with Crippen LogP contribution in [0, 0.1) is 17.5 Å². The number of benzene rings is 3. The molecule has 2 aliphatic rings. The number of carbonyl (C=O) groups is 2. The lowest BCUT2D eigenvalue weighted by Gasteiger charge is -2.40. The van der Waals surface area contributed by atoms with E-state index in [9.17, 15) is 22.8 Å². The van der Waals surface area contributed by atoms with E-state index in [2.05, 4.69) is 0 Å². The van der Waals surface area contributed by atoms with Gasteiger partial charge in [-0.3, -0.25) is 9.59 Å². The molecule has 1 unspecified atom stereocenters. The Labute approximate surface area is 194 Å². The van der Waals surface area contributed by atoms with E-state index >= 15 is 0 Å². The molecule has 0 bridgehead atoms. The molecule has 1 atom stereocenters. The molecule has 2 aliphatic heterocycles. The van der Waals surface area contributed by atoms with Gasteiger partial charge in [-0.1, -0.05) is 30.3 Å². The smallest absolute Gasteiger partial charge is 0.256 e. The molecule has 5 rings (SSSR count). The summed E-state index contributed by atoms with van der Waals surface area (Å²) in [4.78, 5) is 29.9. The van der Waals surface area contributed by atoms with E-state index in [1.807, 2.05) is 13.8 Å². The van der Waals surface area contributed by atoms with Gasteiger partial charge in [0.15, 0.2) is 23.1 Å². The summed E-state index contributed by atoms with van der Waals surface area (Å²) in [7, 11) is 0. The number of hydrogen-bond acceptors (Lipinski definition) is 3. The average molecular weight is 466 g/mol. The average Bonchev–Trinajstić information content (AvgIpc) is 3.32. The molecule has 174 valence electrons. The largest absolute Gasteiger partial charge is 0.491 e. The van der Waals surface area contributed by atoms with Crippen LogP contribution >= 0.6 is 0 Å². The molecule has 1 saturated heterocycles. The van der Waals surface area contributed by atoms with Gasteiger partial charge in [0.1, 0.15) is 5.75 Å². The van der Waals surface area contributed by atoms with E-state index in [1.165, 1.54) is 4.90 Å². The third kappa shape index (κ3) is 3.09. The highest BCUT2D eigenvalue weighted by atomic mass is 19.2. The van der Waals surface area contributed by atoms with Crippen LogP contribution in [0.1, 0.15) is 45.7 Å². The standard InChI is InChI=1S/C26H21F3N2O3/c1-15(2)34-18-9-7-17(8-10-18)26-20-6-4-3-5-19(20)25(33)31(26)12-11-30(26)24(32)16-13-21(27)23(29)22(28)14-16/h3-10,13-15H,11-12H2,1-2H3. The van der Waals surface area contributed by atoms with Crippen molar-refractivity contribution in [2.24, 2.45) is 0 Å². The van der Waals surface area contributed by atoms with Gasteiger partial charge in [-0.15, -0.1) is 0 Å². The maximum absolute atomic E-state index is 14.0. The summed E-state index contributed by atoms with van der Waals surface area (Å²) >= 11 is 0. The van der Waals surface area contributed by atoms with Crippen molar-refractivity contribution in [3.8, 4) is 5.75 Å². The van der Waals surface area contributed by atoms with E-state index in [0.29, 0.717) is 34.6 Å². The fourth-order valence-corrected chi connectivity index (χ4v) is 4.92. The molecule has 0 N–H and O–H groups in total. The molecule has 3 aromatic rings. The number of carbonyl (C=O) groups excluding carboxylic acids is 2. The Hall–Kier alpha value is -3.81. The van der Waals surface area contributed by atoms with E-state index < -0.39 is 29.0 Å². The zero-order chi connectivity index (χ0) is 24.2. The van der Waals surface area contributed by atoms with Crippen molar-refractivity contribution < 1.29 is 27.5 Å². The van der Waals surface area contributed by atoms with Crippen molar-refractivity contribution in [3.63, 3.8) is 0 Å². The lowest BCUT2D eigenvalue weighted by Crippen LogP contribution is -2.51. The molecular weight excluding hydrogens is 445 g/mol. The zero-order valence-corrected chi connectivity index (χ0v) is 18.5. The lowest BCUT2D eigenvalue weighted by atomic mass is 9.89. The first-order valence-corrected chi connectivity index (χ1v) is 10.9. The van der Waals surface area contributed by atoms with Gasteiger partial charge in [-0.25, -0.2) is 13.2 Å². The number of hydrogen-bond donors (Lipinski definition) is 0. The second kappa shape index (κ2) is 7.90. The highest BCUT2D eigenvalue weighted by Gasteiger charge is 2.59. The van der Waals surface area contributed by atoms with Gasteiger partial charge < -0.3 is 14.5 Å². The van der Waals surface area contributed by atoms with Crippen LogP contribution in [0.15, 0.2) is 60.7 Å². The summed E-state index contributed by atoms with van der Waals surface area (Å²) in [5.41, 5.74) is -0.00179. The van der Waals surface area contributed by atoms with Gasteiger partial charge >= 0.3 is 0 Å². The Morgan fingerprint density at radius 1 is 0.971 bits per heavy atom. The van der Waals surface area contributed by atoms with Crippen LogP contribution in [0.25, 0.3) is 0 Å². The summed E-state index contributed by atoms with van der Waals surface area (Å²) in [6, 6.07) is 15.4. The molecule has 0 aliphatic carbocycles. The first kappa shape index (κ1) is 22.0. The van der Waals surface area contributed by atoms with Crippen molar-refractivity contribution >= 4 is 11.8 Å². The van der Waals surface area contributed by atoms with Crippen LogP contribution in [-0.2, 0) is 5.66 Å². The molecule has 0 spiro atoms. The van der Waals surface area contributed by atoms with Gasteiger partial charge in [0.2, 0.25) is 0 Å². The second-order valence-electron chi connectivity index (χ2n) is 8.58. The summed E-state index contributed by atoms with van der Waals surface area (Å²) in [6.45, 7) is 4.15. The summed E-state index contributed by atoms with van der Waals surface area (Å²) in [5.74, 6) is -4.88. The van der Waals surface area contributed by atoms with Gasteiger partial charge in [0.05, 0.1) is 6.10 Å². The van der Waals surface area contributed by atoms with Crippen LogP contribution in [0.3, 0.4) is 0 Å². The SMILES string of the molecule is CC(C)Oc1ccc(C23c4ccccc4C(=O)N2CCN3C(=O)c2cc(F)c(F)c(F)c2)cc1. The van der Waals surface area contributed by atoms with Crippen LogP contribution in [-0.4, -0.2) is 40.8 Å². The monoisotopic (exact) mass is 466 g/mol. The van der Waals surface area contributed by atoms with Crippen LogP contribution in [0.5, 0.6) is 5.75 Å². The highest BCUT2D eigenvalue weighted by Crippen LogP contribution is 2.50. The third-order valence-electron chi connectivity index (χ3n) is 6.21. The Morgan fingerprint density at radius 3 is 2.26 bits per heavy atom. The molecule has 34 heavy (non-hydrogen) atoms. The van der Waals surface area contributed by atoms with Crippen molar-refractivity contribution in [2.75, 3.05) is 13.1 Å². The summed E-state index contributed by atoms with van der Waals surface area (Å²) < 4.78 is 47.2. The van der Waals surface area contributed by atoms with Gasteiger partial charge in [-0.2, -0.15) is 0 Å². The number of halogens is 3. The zero-order valence-electron chi connectivity index (χ0n) is 18.5. The first-order chi connectivity index (χ1) is 16.2. The predicted octanol–water partition coefficient (Wildman–Crippen LogP) is 4.70. The van der Waals surface area contributed by atoms with Crippen molar-refractivity contribution in [3.05, 3.63) is 100 Å². The quantitative estimate of drug-likeness (QED) is 0.524. The molecule has 0 saturated carbocycles. The second-order valence-corrected chi connectivity index (χ2v) is 8.58. The highest BCUT2D eigenvalue weighted by molar-refractivity contribution is 6.03. The minimum atomic E-state index is -1.64. The molecule has 5 nitrogen and oxygen atoms in total. The Kier molecular flexibility index (Phi) is 5.11. The summed E-state index contributed by atoms with van der Waals surface area (Å²) in [6.07, 6.45) is -0.0397. The van der Waals surface area contributed by atoms with E-state index in [1.54, 1.807) is 53.4 Å². The molecule has 0 radical (unpaired) electrons. The van der Waals surface area contributed by atoms with Gasteiger partial charge in [-0.05, 0) is 44.2 Å². The molecule has 1 fully saturated rings. The van der Waals surface area contributed by atoms with E-state index in [4.69, 9.17) is 4.74 Å². The molecule has 3 aromatic carbocycles. The predicted molar refractivity (Wildman–Crippen MR) is 118 cm³/mol. The summed E-state index contributed by atoms with van der Waals surface area (Å²) in [5, 5.41) is 0. The third-order valence-corrected chi connectivity index (χ3v) is 6.21. The molecule has 2 amide bonds. The van der Waals surface area contributed by atoms with Gasteiger partial charge in [0, 0.05) is 35.3 Å². The van der Waals surface area contributed by atoms with E-state index in [-0.39, 0.29) is 30.7 Å².